The Morgan fingerprint density at radius 3 is 2.23 bits per heavy atom. The van der Waals surface area contributed by atoms with Crippen molar-refractivity contribution >= 4 is 40.5 Å². The van der Waals surface area contributed by atoms with Gasteiger partial charge in [0.25, 0.3) is 5.91 Å². The molecule has 0 bridgehead atoms. The molecule has 0 aromatic heterocycles. The summed E-state index contributed by atoms with van der Waals surface area (Å²) in [5.41, 5.74) is -3.45. The normalized spacial score (nSPS) is 13.3. The van der Waals surface area contributed by atoms with Crippen molar-refractivity contribution in [3.8, 4) is 0 Å². The van der Waals surface area contributed by atoms with E-state index in [2.05, 4.69) is 10.2 Å². The summed E-state index contributed by atoms with van der Waals surface area (Å²) in [5, 5.41) is 17.3. The van der Waals surface area contributed by atoms with Gasteiger partial charge in [0.15, 0.2) is 5.70 Å². The number of carbonyl (C=O) groups excluding carboxylic acids is 1. The van der Waals surface area contributed by atoms with E-state index >= 15 is 0 Å². The molecule has 2 N–H and O–H groups in total. The Morgan fingerprint density at radius 2 is 1.63 bits per heavy atom. The summed E-state index contributed by atoms with van der Waals surface area (Å²) in [6.45, 7) is 0. The van der Waals surface area contributed by atoms with Crippen LogP contribution in [0.5, 0.6) is 0 Å². The minimum atomic E-state index is -5.39. The number of allylic oxidation sites excluding steroid dienone is 1. The van der Waals surface area contributed by atoms with Crippen LogP contribution in [0.4, 0.5) is 37.7 Å². The summed E-state index contributed by atoms with van der Waals surface area (Å²) in [6.07, 6.45) is -10.1. The zero-order valence-electron chi connectivity index (χ0n) is 14.3. The van der Waals surface area contributed by atoms with Gasteiger partial charge < -0.3 is 10.4 Å². The molecule has 2 rings (SSSR count). The smallest absolute Gasteiger partial charge is 0.451 e. The Bertz CT molecular complexity index is 1020. The molecule has 0 unspecified atom stereocenters. The zero-order valence-corrected chi connectivity index (χ0v) is 15.8. The van der Waals surface area contributed by atoms with E-state index in [9.17, 15) is 36.2 Å². The number of benzene rings is 2. The van der Waals surface area contributed by atoms with Crippen molar-refractivity contribution in [3.05, 3.63) is 69.5 Å². The molecule has 13 heteroatoms. The number of amides is 1. The number of nitrogens with zero attached hydrogens (tertiary/aromatic N) is 2. The summed E-state index contributed by atoms with van der Waals surface area (Å²) in [4.78, 5) is 12.2. The third-order valence-corrected chi connectivity index (χ3v) is 4.17. The van der Waals surface area contributed by atoms with E-state index in [0.29, 0.717) is 12.1 Å². The summed E-state index contributed by atoms with van der Waals surface area (Å²) >= 11 is 11.6. The Morgan fingerprint density at radius 1 is 1.00 bits per heavy atom. The second-order valence-electron chi connectivity index (χ2n) is 5.50. The highest BCUT2D eigenvalue weighted by molar-refractivity contribution is 6.44. The van der Waals surface area contributed by atoms with Gasteiger partial charge in [0.05, 0.1) is 27.0 Å². The number of rotatable bonds is 4. The first kappa shape index (κ1) is 23.5. The van der Waals surface area contributed by atoms with E-state index < -0.39 is 41.0 Å². The first-order valence-corrected chi connectivity index (χ1v) is 8.41. The third kappa shape index (κ3) is 5.86. The number of halogens is 8. The molecular formula is C17H9Cl2F6N3O2. The number of nitrogens with one attached hydrogen (secondary N) is 1. The molecule has 2 aromatic rings. The van der Waals surface area contributed by atoms with Crippen LogP contribution >= 0.6 is 23.2 Å². The topological polar surface area (TPSA) is 74.0 Å². The van der Waals surface area contributed by atoms with Crippen molar-refractivity contribution in [1.29, 1.82) is 0 Å². The molecular weight excluding hydrogens is 463 g/mol. The number of alkyl halides is 6. The standard InChI is InChI=1S/C17H9Cl2F6N3O2/c18-10-5-2-6-11(12(10)19)26-15(30)13(14(29)17(23,24)25)28-27-9-4-1-3-8(7-9)16(20,21)22/h1-7,29H,(H,26,30)/b14-13-,28-27?. The molecule has 0 radical (unpaired) electrons. The maximum atomic E-state index is 12.9. The molecule has 0 aliphatic heterocycles. The van der Waals surface area contributed by atoms with Crippen molar-refractivity contribution in [3.63, 3.8) is 0 Å². The second kappa shape index (κ2) is 8.92. The van der Waals surface area contributed by atoms with E-state index in [4.69, 9.17) is 23.2 Å². The van der Waals surface area contributed by atoms with E-state index in [1.165, 1.54) is 18.2 Å². The van der Waals surface area contributed by atoms with Crippen molar-refractivity contribution in [2.45, 2.75) is 12.4 Å². The highest BCUT2D eigenvalue weighted by Gasteiger charge is 2.39. The molecule has 1 amide bonds. The number of aliphatic hydroxyl groups excluding tert-OH is 1. The Labute approximate surface area is 174 Å². The third-order valence-electron chi connectivity index (χ3n) is 3.35. The van der Waals surface area contributed by atoms with E-state index in [1.54, 1.807) is 0 Å². The average molecular weight is 472 g/mol. The number of aliphatic hydroxyl groups is 1. The van der Waals surface area contributed by atoms with Crippen molar-refractivity contribution in [1.82, 2.24) is 0 Å². The summed E-state index contributed by atoms with van der Waals surface area (Å²) in [7, 11) is 0. The molecule has 0 heterocycles. The lowest BCUT2D eigenvalue weighted by Gasteiger charge is -2.11. The van der Waals surface area contributed by atoms with Crippen molar-refractivity contribution in [2.75, 3.05) is 5.32 Å². The van der Waals surface area contributed by atoms with Gasteiger partial charge >= 0.3 is 12.4 Å². The van der Waals surface area contributed by atoms with Gasteiger partial charge in [0.1, 0.15) is 0 Å². The number of azo groups is 1. The number of hydrogen-bond donors (Lipinski definition) is 2. The predicted molar refractivity (Wildman–Crippen MR) is 96.8 cm³/mol. The van der Waals surface area contributed by atoms with Gasteiger partial charge in [-0.1, -0.05) is 35.3 Å². The summed E-state index contributed by atoms with van der Waals surface area (Å²) in [5.74, 6) is -3.99. The fraction of sp³-hybridized carbons (Fsp3) is 0.118. The largest absolute Gasteiger partial charge is 0.503 e. The highest BCUT2D eigenvalue weighted by Crippen LogP contribution is 2.33. The van der Waals surface area contributed by atoms with Crippen LogP contribution in [0.15, 0.2) is 64.1 Å². The number of carbonyl (C=O) groups is 1. The molecule has 0 saturated carbocycles. The molecule has 0 aliphatic rings. The molecule has 0 aliphatic carbocycles. The molecule has 0 atom stereocenters. The number of anilines is 1. The lowest BCUT2D eigenvalue weighted by molar-refractivity contribution is -0.137. The van der Waals surface area contributed by atoms with E-state index in [0.717, 1.165) is 12.1 Å². The molecule has 2 aromatic carbocycles. The molecule has 160 valence electrons. The monoisotopic (exact) mass is 471 g/mol. The Balaban J connectivity index is 2.44. The van der Waals surface area contributed by atoms with Crippen molar-refractivity contribution in [2.24, 2.45) is 10.2 Å². The molecule has 5 nitrogen and oxygen atoms in total. The maximum Gasteiger partial charge on any atom is 0.451 e. The minimum absolute atomic E-state index is 0.0226. The van der Waals surface area contributed by atoms with Gasteiger partial charge in [-0.2, -0.15) is 31.5 Å². The van der Waals surface area contributed by atoms with Crippen LogP contribution in [0.3, 0.4) is 0 Å². The SMILES string of the molecule is O=C(Nc1cccc(Cl)c1Cl)/C(N=Nc1cccc(C(F)(F)F)c1)=C(/O)C(F)(F)F. The van der Waals surface area contributed by atoms with E-state index in [-0.39, 0.29) is 15.7 Å². The zero-order chi connectivity index (χ0) is 22.7. The first-order chi connectivity index (χ1) is 13.8. The van der Waals surface area contributed by atoms with Gasteiger partial charge in [-0.3, -0.25) is 4.79 Å². The second-order valence-corrected chi connectivity index (χ2v) is 6.28. The highest BCUT2D eigenvalue weighted by atomic mass is 35.5. The minimum Gasteiger partial charge on any atom is -0.503 e. The predicted octanol–water partition coefficient (Wildman–Crippen LogP) is 7.07. The molecule has 0 spiro atoms. The Hall–Kier alpha value is -2.79. The van der Waals surface area contributed by atoms with Crippen LogP contribution < -0.4 is 5.32 Å². The Kier molecular flexibility index (Phi) is 6.99. The number of hydrogen-bond acceptors (Lipinski definition) is 4. The summed E-state index contributed by atoms with van der Waals surface area (Å²) < 4.78 is 76.9. The molecule has 0 saturated heterocycles. The first-order valence-electron chi connectivity index (χ1n) is 7.65. The van der Waals surface area contributed by atoms with Gasteiger partial charge in [0.2, 0.25) is 5.76 Å². The van der Waals surface area contributed by atoms with Crippen molar-refractivity contribution < 1.29 is 36.2 Å². The fourth-order valence-corrected chi connectivity index (χ4v) is 2.32. The quantitative estimate of drug-likeness (QED) is 0.216. The lowest BCUT2D eigenvalue weighted by atomic mass is 10.2. The fourth-order valence-electron chi connectivity index (χ4n) is 1.97. The van der Waals surface area contributed by atoms with Gasteiger partial charge in [-0.05, 0) is 30.3 Å². The molecule has 30 heavy (non-hydrogen) atoms. The van der Waals surface area contributed by atoms with Gasteiger partial charge in [0, 0.05) is 0 Å². The average Bonchev–Trinajstić information content (AvgIpc) is 2.64. The van der Waals surface area contributed by atoms with Crippen LogP contribution in [0.1, 0.15) is 5.56 Å². The van der Waals surface area contributed by atoms with E-state index in [1.807, 2.05) is 5.32 Å². The van der Waals surface area contributed by atoms with Crippen LogP contribution in [0, 0.1) is 0 Å². The summed E-state index contributed by atoms with van der Waals surface area (Å²) in [6, 6.07) is 7.03. The lowest BCUT2D eigenvalue weighted by Crippen LogP contribution is -2.21. The van der Waals surface area contributed by atoms with Crippen LogP contribution in [-0.4, -0.2) is 17.2 Å². The maximum absolute atomic E-state index is 12.9. The van der Waals surface area contributed by atoms with Gasteiger partial charge in [-0.25, -0.2) is 0 Å². The van der Waals surface area contributed by atoms with Crippen LogP contribution in [0.2, 0.25) is 10.0 Å². The van der Waals surface area contributed by atoms with Crippen LogP contribution in [0.25, 0.3) is 0 Å². The van der Waals surface area contributed by atoms with Crippen LogP contribution in [-0.2, 0) is 11.0 Å². The molecule has 0 fully saturated rings. The van der Waals surface area contributed by atoms with Gasteiger partial charge in [-0.15, -0.1) is 5.11 Å².